The van der Waals surface area contributed by atoms with Gasteiger partial charge < -0.3 is 10.1 Å². The highest BCUT2D eigenvalue weighted by Crippen LogP contribution is 2.29. The molecule has 0 aromatic carbocycles. The van der Waals surface area contributed by atoms with E-state index >= 15 is 0 Å². The number of aromatic nitrogens is 3. The standard InChI is InChI=1S/C17H20N4O3/c1-24-17(23)14-9-5-8-13(19-14)16(22)20-15-10-11-18-21(15)12-6-3-2-4-7-12/h5,8-12H,2-4,6-7H2,1H3,(H,20,22). The van der Waals surface area contributed by atoms with E-state index in [1.54, 1.807) is 24.4 Å². The molecule has 1 N–H and O–H groups in total. The Labute approximate surface area is 140 Å². The van der Waals surface area contributed by atoms with Crippen molar-refractivity contribution < 1.29 is 14.3 Å². The molecule has 7 nitrogen and oxygen atoms in total. The van der Waals surface area contributed by atoms with E-state index in [0.717, 1.165) is 12.8 Å². The van der Waals surface area contributed by atoms with Crippen molar-refractivity contribution in [3.05, 3.63) is 41.9 Å². The van der Waals surface area contributed by atoms with E-state index in [-0.39, 0.29) is 17.3 Å². The Morgan fingerprint density at radius 2 is 1.92 bits per heavy atom. The Hall–Kier alpha value is -2.70. The number of carbonyl (C=O) groups excluding carboxylic acids is 2. The van der Waals surface area contributed by atoms with Crippen molar-refractivity contribution in [2.75, 3.05) is 12.4 Å². The van der Waals surface area contributed by atoms with E-state index in [1.807, 2.05) is 4.68 Å². The van der Waals surface area contributed by atoms with Crippen LogP contribution in [0.5, 0.6) is 0 Å². The molecule has 126 valence electrons. The summed E-state index contributed by atoms with van der Waals surface area (Å²) in [6.07, 6.45) is 7.44. The molecule has 1 fully saturated rings. The van der Waals surface area contributed by atoms with E-state index in [9.17, 15) is 9.59 Å². The Morgan fingerprint density at radius 3 is 2.67 bits per heavy atom. The topological polar surface area (TPSA) is 86.1 Å². The summed E-state index contributed by atoms with van der Waals surface area (Å²) in [7, 11) is 1.28. The van der Waals surface area contributed by atoms with Crippen molar-refractivity contribution in [2.45, 2.75) is 38.1 Å². The largest absolute Gasteiger partial charge is 0.464 e. The van der Waals surface area contributed by atoms with Gasteiger partial charge in [-0.15, -0.1) is 0 Å². The quantitative estimate of drug-likeness (QED) is 0.872. The van der Waals surface area contributed by atoms with Crippen molar-refractivity contribution in [3.8, 4) is 0 Å². The lowest BCUT2D eigenvalue weighted by molar-refractivity contribution is 0.0594. The minimum absolute atomic E-state index is 0.103. The van der Waals surface area contributed by atoms with Crippen molar-refractivity contribution in [1.29, 1.82) is 0 Å². The summed E-state index contributed by atoms with van der Waals surface area (Å²) in [5, 5.41) is 7.19. The van der Waals surface area contributed by atoms with Crippen LogP contribution in [0.3, 0.4) is 0 Å². The number of methoxy groups -OCH3 is 1. The number of amides is 1. The molecule has 2 heterocycles. The average Bonchev–Trinajstić information content (AvgIpc) is 3.10. The van der Waals surface area contributed by atoms with Crippen molar-refractivity contribution in [1.82, 2.24) is 14.8 Å². The molecule has 0 unspecified atom stereocenters. The van der Waals surface area contributed by atoms with Gasteiger partial charge in [-0.1, -0.05) is 25.3 Å². The summed E-state index contributed by atoms with van der Waals surface area (Å²) in [4.78, 5) is 28.0. The zero-order valence-corrected chi connectivity index (χ0v) is 13.6. The fourth-order valence-electron chi connectivity index (χ4n) is 2.99. The first-order valence-corrected chi connectivity index (χ1v) is 8.09. The van der Waals surface area contributed by atoms with E-state index in [2.05, 4.69) is 20.1 Å². The molecule has 3 rings (SSSR count). The molecule has 0 radical (unpaired) electrons. The van der Waals surface area contributed by atoms with Crippen LogP contribution in [0.25, 0.3) is 0 Å². The average molecular weight is 328 g/mol. The number of esters is 1. The van der Waals surface area contributed by atoms with Crippen LogP contribution in [0.1, 0.15) is 59.1 Å². The summed E-state index contributed by atoms with van der Waals surface area (Å²) in [6.45, 7) is 0. The second kappa shape index (κ2) is 7.25. The van der Waals surface area contributed by atoms with Gasteiger partial charge in [-0.2, -0.15) is 5.10 Å². The van der Waals surface area contributed by atoms with Gasteiger partial charge in [-0.25, -0.2) is 14.5 Å². The molecule has 1 aliphatic rings. The van der Waals surface area contributed by atoms with Crippen LogP contribution in [-0.4, -0.2) is 33.8 Å². The van der Waals surface area contributed by atoms with Crippen LogP contribution in [0.15, 0.2) is 30.5 Å². The molecule has 0 saturated heterocycles. The smallest absolute Gasteiger partial charge is 0.356 e. The number of pyridine rings is 1. The number of rotatable bonds is 4. The maximum atomic E-state index is 12.4. The predicted molar refractivity (Wildman–Crippen MR) is 87.9 cm³/mol. The molecule has 1 amide bonds. The predicted octanol–water partition coefficient (Wildman–Crippen LogP) is 2.82. The van der Waals surface area contributed by atoms with Crippen LogP contribution < -0.4 is 5.32 Å². The summed E-state index contributed by atoms with van der Waals surface area (Å²) >= 11 is 0. The Balaban J connectivity index is 1.76. The van der Waals surface area contributed by atoms with Gasteiger partial charge in [0.25, 0.3) is 5.91 Å². The summed E-state index contributed by atoms with van der Waals surface area (Å²) < 4.78 is 6.50. The second-order valence-corrected chi connectivity index (χ2v) is 5.81. The number of hydrogen-bond donors (Lipinski definition) is 1. The number of nitrogens with zero attached hydrogens (tertiary/aromatic N) is 3. The molecular weight excluding hydrogens is 308 g/mol. The van der Waals surface area contributed by atoms with Gasteiger partial charge in [0.1, 0.15) is 17.2 Å². The Morgan fingerprint density at radius 1 is 1.17 bits per heavy atom. The van der Waals surface area contributed by atoms with Gasteiger partial charge in [-0.3, -0.25) is 4.79 Å². The van der Waals surface area contributed by atoms with E-state index < -0.39 is 5.97 Å². The van der Waals surface area contributed by atoms with Crippen molar-refractivity contribution >= 4 is 17.7 Å². The Kier molecular flexibility index (Phi) is 4.88. The van der Waals surface area contributed by atoms with Crippen molar-refractivity contribution in [3.63, 3.8) is 0 Å². The number of nitrogens with one attached hydrogen (secondary N) is 1. The second-order valence-electron chi connectivity index (χ2n) is 5.81. The molecule has 0 spiro atoms. The van der Waals surface area contributed by atoms with E-state index in [4.69, 9.17) is 0 Å². The first kappa shape index (κ1) is 16.2. The molecule has 0 bridgehead atoms. The third-order valence-corrected chi connectivity index (χ3v) is 4.21. The van der Waals surface area contributed by atoms with Crippen LogP contribution >= 0.6 is 0 Å². The van der Waals surface area contributed by atoms with Crippen LogP contribution in [0.4, 0.5) is 5.82 Å². The molecule has 2 aromatic rings. The zero-order chi connectivity index (χ0) is 16.9. The van der Waals surface area contributed by atoms with E-state index in [1.165, 1.54) is 32.4 Å². The summed E-state index contributed by atoms with van der Waals surface area (Å²) in [6, 6.07) is 6.76. The van der Waals surface area contributed by atoms with Gasteiger partial charge in [0.05, 0.1) is 19.3 Å². The molecular formula is C17H20N4O3. The van der Waals surface area contributed by atoms with Gasteiger partial charge in [0.15, 0.2) is 0 Å². The van der Waals surface area contributed by atoms with Gasteiger partial charge in [0, 0.05) is 6.07 Å². The summed E-state index contributed by atoms with van der Waals surface area (Å²) in [5.41, 5.74) is 0.264. The van der Waals surface area contributed by atoms with Crippen LogP contribution in [0.2, 0.25) is 0 Å². The normalized spacial score (nSPS) is 15.0. The maximum Gasteiger partial charge on any atom is 0.356 e. The van der Waals surface area contributed by atoms with Gasteiger partial charge in [0.2, 0.25) is 0 Å². The zero-order valence-electron chi connectivity index (χ0n) is 13.6. The number of ether oxygens (including phenoxy) is 1. The first-order chi connectivity index (χ1) is 11.7. The number of anilines is 1. The van der Waals surface area contributed by atoms with Crippen LogP contribution in [-0.2, 0) is 4.74 Å². The molecule has 0 aliphatic heterocycles. The molecule has 7 heteroatoms. The highest BCUT2D eigenvalue weighted by Gasteiger charge is 2.20. The maximum absolute atomic E-state index is 12.4. The first-order valence-electron chi connectivity index (χ1n) is 8.09. The fourth-order valence-corrected chi connectivity index (χ4v) is 2.99. The van der Waals surface area contributed by atoms with Gasteiger partial charge >= 0.3 is 5.97 Å². The lowest BCUT2D eigenvalue weighted by Crippen LogP contribution is -2.21. The monoisotopic (exact) mass is 328 g/mol. The summed E-state index contributed by atoms with van der Waals surface area (Å²) in [5.74, 6) is -0.299. The van der Waals surface area contributed by atoms with E-state index in [0.29, 0.717) is 11.9 Å². The Bertz CT molecular complexity index is 735. The molecule has 1 aliphatic carbocycles. The minimum Gasteiger partial charge on any atom is -0.464 e. The molecule has 1 saturated carbocycles. The van der Waals surface area contributed by atoms with Gasteiger partial charge in [-0.05, 0) is 25.0 Å². The molecule has 24 heavy (non-hydrogen) atoms. The van der Waals surface area contributed by atoms with Crippen molar-refractivity contribution in [2.24, 2.45) is 0 Å². The lowest BCUT2D eigenvalue weighted by Gasteiger charge is -2.23. The highest BCUT2D eigenvalue weighted by atomic mass is 16.5. The highest BCUT2D eigenvalue weighted by molar-refractivity contribution is 6.03. The minimum atomic E-state index is -0.572. The number of hydrogen-bond acceptors (Lipinski definition) is 5. The third kappa shape index (κ3) is 3.45. The third-order valence-electron chi connectivity index (χ3n) is 4.21. The lowest BCUT2D eigenvalue weighted by atomic mass is 9.96. The molecule has 0 atom stereocenters. The number of carbonyl (C=O) groups is 2. The SMILES string of the molecule is COC(=O)c1cccc(C(=O)Nc2ccnn2C2CCCCC2)n1. The molecule has 2 aromatic heterocycles. The van der Waals surface area contributed by atoms with Crippen LogP contribution in [0, 0.1) is 0 Å². The fraction of sp³-hybridized carbons (Fsp3) is 0.412.